The SMILES string of the molecule is CC#Cc1ccc2ncc(C3CC(=O)N(C)C(N)=N3)cc2c1. The van der Waals surface area contributed by atoms with Crippen LogP contribution in [0.1, 0.15) is 30.5 Å². The Morgan fingerprint density at radius 1 is 1.36 bits per heavy atom. The lowest BCUT2D eigenvalue weighted by atomic mass is 10.0. The van der Waals surface area contributed by atoms with Gasteiger partial charge in [0.05, 0.1) is 18.0 Å². The molecule has 2 aromatic rings. The molecule has 2 N–H and O–H groups in total. The molecule has 3 rings (SSSR count). The highest BCUT2D eigenvalue weighted by molar-refractivity contribution is 5.98. The van der Waals surface area contributed by atoms with E-state index in [1.54, 1.807) is 20.2 Å². The summed E-state index contributed by atoms with van der Waals surface area (Å²) in [4.78, 5) is 22.1. The summed E-state index contributed by atoms with van der Waals surface area (Å²) in [6.45, 7) is 1.81. The second-order valence-electron chi connectivity index (χ2n) is 5.21. The molecule has 0 saturated heterocycles. The van der Waals surface area contributed by atoms with E-state index < -0.39 is 0 Å². The fraction of sp³-hybridized carbons (Fsp3) is 0.235. The zero-order valence-electron chi connectivity index (χ0n) is 12.5. The van der Waals surface area contributed by atoms with Crippen molar-refractivity contribution < 1.29 is 4.79 Å². The molecular weight excluding hydrogens is 276 g/mol. The van der Waals surface area contributed by atoms with Crippen molar-refractivity contribution in [1.29, 1.82) is 0 Å². The van der Waals surface area contributed by atoms with Crippen LogP contribution in [0.3, 0.4) is 0 Å². The van der Waals surface area contributed by atoms with E-state index in [-0.39, 0.29) is 17.9 Å². The molecule has 1 aromatic carbocycles. The minimum Gasteiger partial charge on any atom is -0.369 e. The van der Waals surface area contributed by atoms with E-state index in [2.05, 4.69) is 21.8 Å². The second-order valence-corrected chi connectivity index (χ2v) is 5.21. The molecule has 1 aliphatic heterocycles. The predicted octanol–water partition coefficient (Wildman–Crippen LogP) is 1.82. The minimum atomic E-state index is -0.276. The average Bonchev–Trinajstić information content (AvgIpc) is 2.51. The van der Waals surface area contributed by atoms with Gasteiger partial charge in [-0.25, -0.2) is 4.99 Å². The number of benzene rings is 1. The van der Waals surface area contributed by atoms with Crippen molar-refractivity contribution in [1.82, 2.24) is 9.88 Å². The number of carbonyl (C=O) groups is 1. The second kappa shape index (κ2) is 5.49. The predicted molar refractivity (Wildman–Crippen MR) is 86.0 cm³/mol. The molecule has 1 aromatic heterocycles. The Labute approximate surface area is 128 Å². The minimum absolute atomic E-state index is 0.0387. The van der Waals surface area contributed by atoms with Gasteiger partial charge in [0.25, 0.3) is 0 Å². The molecule has 1 unspecified atom stereocenters. The van der Waals surface area contributed by atoms with Gasteiger partial charge in [0.1, 0.15) is 0 Å². The lowest BCUT2D eigenvalue weighted by Gasteiger charge is -2.25. The number of hydrogen-bond donors (Lipinski definition) is 1. The Morgan fingerprint density at radius 2 is 2.18 bits per heavy atom. The Morgan fingerprint density at radius 3 is 2.91 bits per heavy atom. The maximum atomic E-state index is 11.9. The number of carbonyl (C=O) groups excluding carboxylic acids is 1. The van der Waals surface area contributed by atoms with Crippen molar-refractivity contribution in [2.75, 3.05) is 7.05 Å². The molecule has 5 nitrogen and oxygen atoms in total. The Balaban J connectivity index is 2.04. The van der Waals surface area contributed by atoms with E-state index in [1.165, 1.54) is 4.90 Å². The van der Waals surface area contributed by atoms with Crippen molar-refractivity contribution in [3.8, 4) is 11.8 Å². The Kier molecular flexibility index (Phi) is 3.51. The third-order valence-corrected chi connectivity index (χ3v) is 3.73. The fourth-order valence-corrected chi connectivity index (χ4v) is 2.47. The van der Waals surface area contributed by atoms with Gasteiger partial charge < -0.3 is 5.73 Å². The van der Waals surface area contributed by atoms with Gasteiger partial charge in [-0.1, -0.05) is 5.92 Å². The molecule has 1 amide bonds. The summed E-state index contributed by atoms with van der Waals surface area (Å²) >= 11 is 0. The van der Waals surface area contributed by atoms with Crippen LogP contribution >= 0.6 is 0 Å². The van der Waals surface area contributed by atoms with Gasteiger partial charge >= 0.3 is 0 Å². The van der Waals surface area contributed by atoms with Gasteiger partial charge in [-0.2, -0.15) is 0 Å². The number of guanidine groups is 1. The van der Waals surface area contributed by atoms with Crippen LogP contribution in [-0.2, 0) is 4.79 Å². The largest absolute Gasteiger partial charge is 0.369 e. The first kappa shape index (κ1) is 14.1. The third kappa shape index (κ3) is 2.51. The van der Waals surface area contributed by atoms with Crippen molar-refractivity contribution in [3.05, 3.63) is 41.6 Å². The highest BCUT2D eigenvalue weighted by Crippen LogP contribution is 2.27. The number of aliphatic imine (C=N–C) groups is 1. The molecule has 2 heterocycles. The van der Waals surface area contributed by atoms with Crippen LogP contribution in [0.5, 0.6) is 0 Å². The molecule has 0 fully saturated rings. The lowest BCUT2D eigenvalue weighted by molar-refractivity contribution is -0.127. The summed E-state index contributed by atoms with van der Waals surface area (Å²) in [6, 6.07) is 7.60. The molecule has 1 aliphatic rings. The lowest BCUT2D eigenvalue weighted by Crippen LogP contribution is -2.42. The quantitative estimate of drug-likeness (QED) is 0.815. The number of hydrogen-bond acceptors (Lipinski definition) is 4. The number of rotatable bonds is 1. The van der Waals surface area contributed by atoms with Crippen LogP contribution in [0, 0.1) is 11.8 Å². The van der Waals surface area contributed by atoms with Gasteiger partial charge in [-0.05, 0) is 36.8 Å². The van der Waals surface area contributed by atoms with E-state index in [1.807, 2.05) is 24.3 Å². The van der Waals surface area contributed by atoms with E-state index in [4.69, 9.17) is 5.73 Å². The zero-order chi connectivity index (χ0) is 15.7. The van der Waals surface area contributed by atoms with Crippen LogP contribution in [0.25, 0.3) is 10.9 Å². The van der Waals surface area contributed by atoms with E-state index in [9.17, 15) is 4.79 Å². The maximum Gasteiger partial charge on any atom is 0.231 e. The number of nitrogens with zero attached hydrogens (tertiary/aromatic N) is 3. The van der Waals surface area contributed by atoms with Crippen LogP contribution in [0.4, 0.5) is 0 Å². The van der Waals surface area contributed by atoms with Crippen LogP contribution in [0.15, 0.2) is 35.5 Å². The number of aromatic nitrogens is 1. The molecule has 110 valence electrons. The van der Waals surface area contributed by atoms with E-state index in [0.29, 0.717) is 6.42 Å². The third-order valence-electron chi connectivity index (χ3n) is 3.73. The summed E-state index contributed by atoms with van der Waals surface area (Å²) < 4.78 is 0. The topological polar surface area (TPSA) is 71.6 Å². The molecule has 0 radical (unpaired) electrons. The van der Waals surface area contributed by atoms with Crippen LogP contribution in [-0.4, -0.2) is 28.8 Å². The molecule has 1 atom stereocenters. The first-order valence-electron chi connectivity index (χ1n) is 7.01. The van der Waals surface area contributed by atoms with Gasteiger partial charge in [0.2, 0.25) is 5.91 Å². The molecular formula is C17H16N4O. The van der Waals surface area contributed by atoms with Crippen LogP contribution < -0.4 is 5.73 Å². The van der Waals surface area contributed by atoms with Gasteiger partial charge in [-0.3, -0.25) is 14.7 Å². The van der Waals surface area contributed by atoms with Crippen molar-refractivity contribution >= 4 is 22.8 Å². The highest BCUT2D eigenvalue weighted by atomic mass is 16.2. The molecule has 0 spiro atoms. The summed E-state index contributed by atoms with van der Waals surface area (Å²) in [6.07, 6.45) is 2.06. The van der Waals surface area contributed by atoms with Gasteiger partial charge in [-0.15, -0.1) is 5.92 Å². The highest BCUT2D eigenvalue weighted by Gasteiger charge is 2.25. The van der Waals surface area contributed by atoms with Crippen molar-refractivity contribution in [2.24, 2.45) is 10.7 Å². The smallest absolute Gasteiger partial charge is 0.231 e. The van der Waals surface area contributed by atoms with Gasteiger partial charge in [0.15, 0.2) is 5.96 Å². The molecule has 0 aliphatic carbocycles. The summed E-state index contributed by atoms with van der Waals surface area (Å²) in [7, 11) is 1.63. The zero-order valence-corrected chi connectivity index (χ0v) is 12.5. The first-order chi connectivity index (χ1) is 10.6. The average molecular weight is 292 g/mol. The van der Waals surface area contributed by atoms with E-state index in [0.717, 1.165) is 22.0 Å². The molecule has 0 bridgehead atoms. The number of nitrogens with two attached hydrogens (primary N) is 1. The summed E-state index contributed by atoms with van der Waals surface area (Å²) in [5.41, 5.74) is 8.51. The number of amides is 1. The molecule has 0 saturated carbocycles. The monoisotopic (exact) mass is 292 g/mol. The molecule has 22 heavy (non-hydrogen) atoms. The molecule has 5 heteroatoms. The fourth-order valence-electron chi connectivity index (χ4n) is 2.47. The normalized spacial score (nSPS) is 17.9. The van der Waals surface area contributed by atoms with Crippen molar-refractivity contribution in [2.45, 2.75) is 19.4 Å². The van der Waals surface area contributed by atoms with E-state index >= 15 is 0 Å². The number of pyridine rings is 1. The maximum absolute atomic E-state index is 11.9. The first-order valence-corrected chi connectivity index (χ1v) is 7.01. The standard InChI is InChI=1S/C17H16N4O/c1-3-4-11-5-6-14-12(7-11)8-13(10-19-14)15-9-16(22)21(2)17(18)20-15/h5-8,10,15H,9H2,1-2H3,(H2,18,20). The van der Waals surface area contributed by atoms with Gasteiger partial charge in [0, 0.05) is 24.2 Å². The van der Waals surface area contributed by atoms with Crippen molar-refractivity contribution in [3.63, 3.8) is 0 Å². The Hall–Kier alpha value is -2.87. The number of fused-ring (bicyclic) bond motifs is 1. The van der Waals surface area contributed by atoms with Crippen LogP contribution in [0.2, 0.25) is 0 Å². The Bertz CT molecular complexity index is 845. The summed E-state index contributed by atoms with van der Waals surface area (Å²) in [5, 5.41) is 0.984. The summed E-state index contributed by atoms with van der Waals surface area (Å²) in [5.74, 6) is 6.12.